The van der Waals surface area contributed by atoms with Crippen molar-refractivity contribution in [1.82, 2.24) is 9.88 Å². The molecule has 1 aliphatic rings. The zero-order valence-electron chi connectivity index (χ0n) is 11.7. The third-order valence-electron chi connectivity index (χ3n) is 3.68. The molecule has 1 saturated heterocycles. The van der Waals surface area contributed by atoms with E-state index in [2.05, 4.69) is 4.98 Å². The maximum absolute atomic E-state index is 12.4. The Kier molecular flexibility index (Phi) is 4.08. The second-order valence-corrected chi connectivity index (χ2v) is 5.50. The van der Waals surface area contributed by atoms with E-state index in [1.54, 1.807) is 6.92 Å². The van der Waals surface area contributed by atoms with Crippen molar-refractivity contribution in [3.05, 3.63) is 38.3 Å². The summed E-state index contributed by atoms with van der Waals surface area (Å²) in [5.74, 6) is -0.544. The van der Waals surface area contributed by atoms with E-state index in [0.29, 0.717) is 32.4 Å². The van der Waals surface area contributed by atoms with E-state index in [1.165, 1.54) is 4.90 Å². The molecular formula is C13H17N3O5. The molecule has 0 radical (unpaired) electrons. The Hall–Kier alpha value is -2.22. The number of H-pyrrole nitrogens is 1. The number of pyridine rings is 1. The summed E-state index contributed by atoms with van der Waals surface area (Å²) in [6.07, 6.45) is 2.56. The van der Waals surface area contributed by atoms with Crippen molar-refractivity contribution in [2.75, 3.05) is 13.1 Å². The number of hydrogen-bond acceptors (Lipinski definition) is 5. The van der Waals surface area contributed by atoms with Gasteiger partial charge in [-0.15, -0.1) is 0 Å². The first-order valence-electron chi connectivity index (χ1n) is 6.69. The molecule has 21 heavy (non-hydrogen) atoms. The highest BCUT2D eigenvalue weighted by Crippen LogP contribution is 2.22. The van der Waals surface area contributed by atoms with Crippen molar-refractivity contribution in [3.63, 3.8) is 0 Å². The lowest BCUT2D eigenvalue weighted by molar-refractivity contribution is -0.385. The maximum atomic E-state index is 12.4. The van der Waals surface area contributed by atoms with Crippen LogP contribution < -0.4 is 5.56 Å². The average molecular weight is 295 g/mol. The summed E-state index contributed by atoms with van der Waals surface area (Å²) in [7, 11) is 0. The highest BCUT2D eigenvalue weighted by Gasteiger charge is 2.29. The molecule has 2 heterocycles. The SMILES string of the molecule is CC1(O)CCCN(C(=O)c2cc([N+](=O)[O-])c[nH]c2=O)CC1. The van der Waals surface area contributed by atoms with Crippen LogP contribution in [0.2, 0.25) is 0 Å². The van der Waals surface area contributed by atoms with Crippen LogP contribution in [0.4, 0.5) is 5.69 Å². The summed E-state index contributed by atoms with van der Waals surface area (Å²) in [6.45, 7) is 2.44. The summed E-state index contributed by atoms with van der Waals surface area (Å²) >= 11 is 0. The van der Waals surface area contributed by atoms with Crippen molar-refractivity contribution >= 4 is 11.6 Å². The van der Waals surface area contributed by atoms with Crippen molar-refractivity contribution < 1.29 is 14.8 Å². The Balaban J connectivity index is 2.25. The Morgan fingerprint density at radius 2 is 2.19 bits per heavy atom. The number of aromatic amines is 1. The Morgan fingerprint density at radius 3 is 2.86 bits per heavy atom. The molecule has 2 rings (SSSR count). The summed E-state index contributed by atoms with van der Waals surface area (Å²) in [4.78, 5) is 37.8. The fourth-order valence-corrected chi connectivity index (χ4v) is 2.37. The number of aromatic nitrogens is 1. The minimum absolute atomic E-state index is 0.245. The van der Waals surface area contributed by atoms with Gasteiger partial charge >= 0.3 is 0 Å². The van der Waals surface area contributed by atoms with Gasteiger partial charge in [0.1, 0.15) is 5.56 Å². The lowest BCUT2D eigenvalue weighted by Crippen LogP contribution is -2.36. The predicted octanol–water partition coefficient (Wildman–Crippen LogP) is 0.660. The van der Waals surface area contributed by atoms with E-state index < -0.39 is 22.0 Å². The van der Waals surface area contributed by atoms with Gasteiger partial charge in [-0.25, -0.2) is 0 Å². The number of carbonyl (C=O) groups excluding carboxylic acids is 1. The van der Waals surface area contributed by atoms with Crippen LogP contribution in [0.1, 0.15) is 36.5 Å². The molecule has 1 fully saturated rings. The van der Waals surface area contributed by atoms with E-state index in [9.17, 15) is 24.8 Å². The third kappa shape index (κ3) is 3.46. The molecular weight excluding hydrogens is 278 g/mol. The fourth-order valence-electron chi connectivity index (χ4n) is 2.37. The molecule has 0 spiro atoms. The van der Waals surface area contributed by atoms with Crippen LogP contribution in [0, 0.1) is 10.1 Å². The number of carbonyl (C=O) groups is 1. The molecule has 1 unspecified atom stereocenters. The number of hydrogen-bond donors (Lipinski definition) is 2. The van der Waals surface area contributed by atoms with Crippen LogP contribution in [0.5, 0.6) is 0 Å². The molecule has 0 aromatic carbocycles. The molecule has 114 valence electrons. The smallest absolute Gasteiger partial charge is 0.286 e. The van der Waals surface area contributed by atoms with Gasteiger partial charge in [0, 0.05) is 19.2 Å². The number of likely N-dealkylation sites (tertiary alicyclic amines) is 1. The molecule has 0 bridgehead atoms. The molecule has 2 N–H and O–H groups in total. The monoisotopic (exact) mass is 295 g/mol. The quantitative estimate of drug-likeness (QED) is 0.614. The fraction of sp³-hybridized carbons (Fsp3) is 0.538. The molecule has 0 saturated carbocycles. The van der Waals surface area contributed by atoms with Crippen LogP contribution in [0.25, 0.3) is 0 Å². The molecule has 8 nitrogen and oxygen atoms in total. The lowest BCUT2D eigenvalue weighted by Gasteiger charge is -2.22. The Bertz CT molecular complexity index is 622. The largest absolute Gasteiger partial charge is 0.390 e. The van der Waals surface area contributed by atoms with Gasteiger partial charge in [0.25, 0.3) is 17.2 Å². The number of amides is 1. The molecule has 1 aliphatic heterocycles. The number of nitrogens with one attached hydrogen (secondary N) is 1. The zero-order chi connectivity index (χ0) is 15.6. The van der Waals surface area contributed by atoms with Gasteiger partial charge in [-0.1, -0.05) is 0 Å². The van der Waals surface area contributed by atoms with Crippen LogP contribution >= 0.6 is 0 Å². The maximum Gasteiger partial charge on any atom is 0.286 e. The van der Waals surface area contributed by atoms with E-state index in [4.69, 9.17) is 0 Å². The van der Waals surface area contributed by atoms with Gasteiger partial charge in [0.15, 0.2) is 0 Å². The van der Waals surface area contributed by atoms with Gasteiger partial charge < -0.3 is 15.0 Å². The Morgan fingerprint density at radius 1 is 1.48 bits per heavy atom. The minimum Gasteiger partial charge on any atom is -0.390 e. The van der Waals surface area contributed by atoms with Crippen LogP contribution in [0.15, 0.2) is 17.1 Å². The first-order chi connectivity index (χ1) is 9.80. The first kappa shape index (κ1) is 15.2. The summed E-state index contributed by atoms with van der Waals surface area (Å²) < 4.78 is 0. The summed E-state index contributed by atoms with van der Waals surface area (Å²) in [5.41, 5.74) is -2.06. The summed E-state index contributed by atoms with van der Waals surface area (Å²) in [6, 6.07) is 0.990. The number of aliphatic hydroxyl groups is 1. The highest BCUT2D eigenvalue weighted by molar-refractivity contribution is 5.94. The highest BCUT2D eigenvalue weighted by atomic mass is 16.6. The number of nitrogens with zero attached hydrogens (tertiary/aromatic N) is 2. The molecule has 1 aromatic heterocycles. The molecule has 1 amide bonds. The van der Waals surface area contributed by atoms with Crippen molar-refractivity contribution in [1.29, 1.82) is 0 Å². The zero-order valence-corrected chi connectivity index (χ0v) is 11.7. The molecule has 0 aliphatic carbocycles. The summed E-state index contributed by atoms with van der Waals surface area (Å²) in [5, 5.41) is 20.7. The van der Waals surface area contributed by atoms with Crippen LogP contribution in [-0.2, 0) is 0 Å². The lowest BCUT2D eigenvalue weighted by atomic mass is 9.98. The van der Waals surface area contributed by atoms with Gasteiger partial charge in [-0.2, -0.15) is 0 Å². The normalized spacial score (nSPS) is 22.7. The average Bonchev–Trinajstić information content (AvgIpc) is 2.59. The van der Waals surface area contributed by atoms with Crippen molar-refractivity contribution in [2.24, 2.45) is 0 Å². The minimum atomic E-state index is -0.829. The third-order valence-corrected chi connectivity index (χ3v) is 3.68. The predicted molar refractivity (Wildman–Crippen MR) is 74.1 cm³/mol. The molecule has 1 aromatic rings. The van der Waals surface area contributed by atoms with E-state index in [-0.39, 0.29) is 11.3 Å². The Labute approximate surface area is 120 Å². The van der Waals surface area contributed by atoms with E-state index >= 15 is 0 Å². The molecule has 8 heteroatoms. The van der Waals surface area contributed by atoms with Gasteiger partial charge in [0.2, 0.25) is 0 Å². The topological polar surface area (TPSA) is 117 Å². The van der Waals surface area contributed by atoms with Gasteiger partial charge in [-0.3, -0.25) is 19.7 Å². The van der Waals surface area contributed by atoms with Gasteiger partial charge in [0.05, 0.1) is 16.7 Å². The molecule has 1 atom stereocenters. The van der Waals surface area contributed by atoms with Crippen LogP contribution in [-0.4, -0.2) is 44.5 Å². The van der Waals surface area contributed by atoms with Crippen molar-refractivity contribution in [2.45, 2.75) is 31.8 Å². The first-order valence-corrected chi connectivity index (χ1v) is 6.69. The van der Waals surface area contributed by atoms with E-state index in [1.807, 2.05) is 0 Å². The number of nitro groups is 1. The van der Waals surface area contributed by atoms with E-state index in [0.717, 1.165) is 12.3 Å². The number of rotatable bonds is 2. The van der Waals surface area contributed by atoms with Crippen molar-refractivity contribution in [3.8, 4) is 0 Å². The second-order valence-electron chi connectivity index (χ2n) is 5.50. The van der Waals surface area contributed by atoms with Gasteiger partial charge in [-0.05, 0) is 26.2 Å². The second kappa shape index (κ2) is 5.65. The standard InChI is InChI=1S/C13H17N3O5/c1-13(19)3-2-5-15(6-4-13)12(18)10-7-9(16(20)21)8-14-11(10)17/h7-8,19H,2-6H2,1H3,(H,14,17). The van der Waals surface area contributed by atoms with Crippen LogP contribution in [0.3, 0.4) is 0 Å².